The summed E-state index contributed by atoms with van der Waals surface area (Å²) in [6.45, 7) is 0.614. The molecular weight excluding hydrogens is 246 g/mol. The van der Waals surface area contributed by atoms with Crippen LogP contribution < -0.4 is 11.0 Å². The summed E-state index contributed by atoms with van der Waals surface area (Å²) in [5, 5.41) is 12.2. The van der Waals surface area contributed by atoms with Gasteiger partial charge in [-0.25, -0.2) is 9.78 Å². The van der Waals surface area contributed by atoms with Crippen LogP contribution in [0.4, 0.5) is 0 Å². The van der Waals surface area contributed by atoms with Crippen molar-refractivity contribution in [2.45, 2.75) is 38.3 Å². The minimum absolute atomic E-state index is 0.00200. The van der Waals surface area contributed by atoms with Crippen molar-refractivity contribution in [3.8, 4) is 0 Å². The molecule has 0 saturated heterocycles. The topological polar surface area (TPSA) is 84.2 Å². The van der Waals surface area contributed by atoms with Gasteiger partial charge in [-0.1, -0.05) is 0 Å². The van der Waals surface area contributed by atoms with Crippen LogP contribution in [0.2, 0.25) is 0 Å². The molecule has 19 heavy (non-hydrogen) atoms. The maximum absolute atomic E-state index is 11.7. The van der Waals surface area contributed by atoms with E-state index in [1.807, 2.05) is 0 Å². The molecule has 104 valence electrons. The third-order valence-corrected chi connectivity index (χ3v) is 3.50. The number of nitrogens with one attached hydrogen (secondary N) is 1. The third kappa shape index (κ3) is 4.17. The van der Waals surface area contributed by atoms with Crippen molar-refractivity contribution >= 4 is 5.91 Å². The van der Waals surface area contributed by atoms with Gasteiger partial charge in [0.1, 0.15) is 6.54 Å². The largest absolute Gasteiger partial charge is 0.393 e. The second-order valence-corrected chi connectivity index (χ2v) is 5.01. The molecule has 0 unspecified atom stereocenters. The van der Waals surface area contributed by atoms with Crippen LogP contribution in [0.1, 0.15) is 25.7 Å². The first kappa shape index (κ1) is 13.7. The van der Waals surface area contributed by atoms with Crippen LogP contribution >= 0.6 is 0 Å². The number of nitrogens with zero attached hydrogens (tertiary/aromatic N) is 2. The van der Waals surface area contributed by atoms with E-state index in [0.717, 1.165) is 25.7 Å². The van der Waals surface area contributed by atoms with Crippen molar-refractivity contribution in [3.63, 3.8) is 0 Å². The van der Waals surface area contributed by atoms with Crippen LogP contribution in [0, 0.1) is 5.92 Å². The van der Waals surface area contributed by atoms with Gasteiger partial charge >= 0.3 is 5.69 Å². The summed E-state index contributed by atoms with van der Waals surface area (Å²) in [4.78, 5) is 26.7. The monoisotopic (exact) mass is 265 g/mol. The summed E-state index contributed by atoms with van der Waals surface area (Å²) >= 11 is 0. The Morgan fingerprint density at radius 1 is 1.42 bits per heavy atom. The highest BCUT2D eigenvalue weighted by Gasteiger charge is 2.19. The highest BCUT2D eigenvalue weighted by molar-refractivity contribution is 5.75. The summed E-state index contributed by atoms with van der Waals surface area (Å²) in [6.07, 6.45) is 6.27. The molecule has 0 radical (unpaired) electrons. The van der Waals surface area contributed by atoms with Gasteiger partial charge in [0.15, 0.2) is 0 Å². The first-order valence-corrected chi connectivity index (χ1v) is 6.61. The number of hydrogen-bond donors (Lipinski definition) is 2. The first-order chi connectivity index (χ1) is 9.15. The van der Waals surface area contributed by atoms with Crippen molar-refractivity contribution in [1.82, 2.24) is 14.9 Å². The van der Waals surface area contributed by atoms with Gasteiger partial charge in [-0.2, -0.15) is 0 Å². The Balaban J connectivity index is 1.76. The maximum atomic E-state index is 11.7. The Kier molecular flexibility index (Phi) is 4.68. The number of rotatable bonds is 4. The van der Waals surface area contributed by atoms with Crippen molar-refractivity contribution < 1.29 is 9.90 Å². The summed E-state index contributed by atoms with van der Waals surface area (Å²) in [5.74, 6) is 0.249. The summed E-state index contributed by atoms with van der Waals surface area (Å²) in [5.41, 5.74) is -0.418. The highest BCUT2D eigenvalue weighted by Crippen LogP contribution is 2.23. The van der Waals surface area contributed by atoms with Crippen LogP contribution in [-0.4, -0.2) is 33.2 Å². The van der Waals surface area contributed by atoms with Gasteiger partial charge in [0.25, 0.3) is 0 Å². The number of aromatic nitrogens is 2. The number of carbonyl (C=O) groups excluding carboxylic acids is 1. The van der Waals surface area contributed by atoms with Gasteiger partial charge in [0, 0.05) is 18.9 Å². The minimum Gasteiger partial charge on any atom is -0.393 e. The summed E-state index contributed by atoms with van der Waals surface area (Å²) in [7, 11) is 0. The zero-order valence-corrected chi connectivity index (χ0v) is 10.8. The quantitative estimate of drug-likeness (QED) is 0.797. The van der Waals surface area contributed by atoms with E-state index >= 15 is 0 Å². The lowest BCUT2D eigenvalue weighted by Gasteiger charge is -2.25. The Bertz CT molecular complexity index is 478. The fraction of sp³-hybridized carbons (Fsp3) is 0.615. The van der Waals surface area contributed by atoms with E-state index in [1.165, 1.54) is 10.8 Å². The van der Waals surface area contributed by atoms with Crippen LogP contribution in [0.3, 0.4) is 0 Å². The first-order valence-electron chi connectivity index (χ1n) is 6.61. The fourth-order valence-electron chi connectivity index (χ4n) is 2.33. The van der Waals surface area contributed by atoms with Gasteiger partial charge in [-0.05, 0) is 37.7 Å². The van der Waals surface area contributed by atoms with Gasteiger partial charge in [0.05, 0.1) is 6.10 Å². The molecule has 1 aliphatic carbocycles. The van der Waals surface area contributed by atoms with E-state index in [2.05, 4.69) is 10.3 Å². The molecule has 1 heterocycles. The summed E-state index contributed by atoms with van der Waals surface area (Å²) < 4.78 is 1.28. The number of aliphatic hydroxyl groups is 1. The fourth-order valence-corrected chi connectivity index (χ4v) is 2.33. The van der Waals surface area contributed by atoms with Crippen LogP contribution in [0.15, 0.2) is 23.3 Å². The molecule has 0 aromatic carbocycles. The second-order valence-electron chi connectivity index (χ2n) is 5.01. The molecule has 1 amide bonds. The average Bonchev–Trinajstić information content (AvgIpc) is 2.41. The van der Waals surface area contributed by atoms with Gasteiger partial charge in [-0.15, -0.1) is 0 Å². The van der Waals surface area contributed by atoms with E-state index in [-0.39, 0.29) is 18.6 Å². The van der Waals surface area contributed by atoms with Crippen molar-refractivity contribution in [3.05, 3.63) is 28.9 Å². The number of hydrogen-bond acceptors (Lipinski definition) is 4. The number of amides is 1. The summed E-state index contributed by atoms with van der Waals surface area (Å²) in [6, 6.07) is 1.62. The maximum Gasteiger partial charge on any atom is 0.347 e. The minimum atomic E-state index is -0.418. The van der Waals surface area contributed by atoms with E-state index in [0.29, 0.717) is 12.5 Å². The lowest BCUT2D eigenvalue weighted by molar-refractivity contribution is -0.122. The standard InChI is InChI=1S/C13H19N3O3/c17-11-4-2-10(3-5-11)8-15-12(18)9-16-7-1-6-14-13(16)19/h1,6-7,10-11,17H,2-5,8-9H2,(H,15,18). The molecule has 6 nitrogen and oxygen atoms in total. The molecular formula is C13H19N3O3. The van der Waals surface area contributed by atoms with E-state index in [4.69, 9.17) is 0 Å². The highest BCUT2D eigenvalue weighted by atomic mass is 16.3. The molecule has 0 atom stereocenters. The molecule has 1 fully saturated rings. The smallest absolute Gasteiger partial charge is 0.347 e. The molecule has 2 rings (SSSR count). The predicted molar refractivity (Wildman–Crippen MR) is 69.5 cm³/mol. The van der Waals surface area contributed by atoms with Gasteiger partial charge in [-0.3, -0.25) is 9.36 Å². The molecule has 2 N–H and O–H groups in total. The van der Waals surface area contributed by atoms with Crippen molar-refractivity contribution in [2.24, 2.45) is 5.92 Å². The lowest BCUT2D eigenvalue weighted by Crippen LogP contribution is -2.36. The Hall–Kier alpha value is -1.69. The average molecular weight is 265 g/mol. The van der Waals surface area contributed by atoms with E-state index in [1.54, 1.807) is 12.3 Å². The normalized spacial score (nSPS) is 23.0. The molecule has 1 aliphatic rings. The number of aliphatic hydroxyl groups excluding tert-OH is 1. The zero-order chi connectivity index (χ0) is 13.7. The lowest BCUT2D eigenvalue weighted by atomic mass is 9.87. The number of carbonyl (C=O) groups is 1. The Labute approximate surface area is 111 Å². The second kappa shape index (κ2) is 6.47. The molecule has 0 bridgehead atoms. The van der Waals surface area contributed by atoms with E-state index < -0.39 is 5.69 Å². The molecule has 1 saturated carbocycles. The molecule has 1 aromatic rings. The van der Waals surface area contributed by atoms with Crippen LogP contribution in [0.25, 0.3) is 0 Å². The molecule has 0 spiro atoms. The Morgan fingerprint density at radius 2 is 2.16 bits per heavy atom. The van der Waals surface area contributed by atoms with Gasteiger partial charge in [0.2, 0.25) is 5.91 Å². The third-order valence-electron chi connectivity index (χ3n) is 3.50. The van der Waals surface area contributed by atoms with E-state index in [9.17, 15) is 14.7 Å². The van der Waals surface area contributed by atoms with Crippen molar-refractivity contribution in [2.75, 3.05) is 6.54 Å². The molecule has 1 aromatic heterocycles. The zero-order valence-electron chi connectivity index (χ0n) is 10.8. The SMILES string of the molecule is O=C(Cn1cccnc1=O)NCC1CCC(O)CC1. The van der Waals surface area contributed by atoms with Crippen LogP contribution in [0.5, 0.6) is 0 Å². The molecule has 6 heteroatoms. The van der Waals surface area contributed by atoms with Crippen molar-refractivity contribution in [1.29, 1.82) is 0 Å². The Morgan fingerprint density at radius 3 is 2.84 bits per heavy atom. The predicted octanol–water partition coefficient (Wildman–Crippen LogP) is -0.0894. The van der Waals surface area contributed by atoms with Gasteiger partial charge < -0.3 is 10.4 Å². The van der Waals surface area contributed by atoms with Crippen LogP contribution in [-0.2, 0) is 11.3 Å². The molecule has 0 aliphatic heterocycles.